The van der Waals surface area contributed by atoms with E-state index in [1.807, 2.05) is 20.8 Å². The van der Waals surface area contributed by atoms with Crippen molar-refractivity contribution in [2.45, 2.75) is 96.5 Å². The van der Waals surface area contributed by atoms with Gasteiger partial charge in [-0.1, -0.05) is 18.2 Å². The number of phenols is 1. The van der Waals surface area contributed by atoms with Crippen LogP contribution in [0.15, 0.2) is 24.3 Å². The van der Waals surface area contributed by atoms with Crippen LogP contribution in [0, 0.1) is 0 Å². The van der Waals surface area contributed by atoms with E-state index in [-0.39, 0.29) is 17.4 Å². The Morgan fingerprint density at radius 3 is 2.17 bits per heavy atom. The second kappa shape index (κ2) is 11.0. The minimum Gasteiger partial charge on any atom is -0.508 e. The van der Waals surface area contributed by atoms with Crippen LogP contribution in [-0.2, 0) is 19.1 Å². The largest absolute Gasteiger partial charge is 0.508 e. The molecule has 10 nitrogen and oxygen atoms in total. The highest BCUT2D eigenvalue weighted by Crippen LogP contribution is 2.37. The van der Waals surface area contributed by atoms with Crippen LogP contribution < -0.4 is 16.4 Å². The Morgan fingerprint density at radius 1 is 1.11 bits per heavy atom. The molecule has 5 N–H and O–H groups in total. The molecular formula is C25H38N4O6. The number of carbonyl (C=O) groups is 4. The molecule has 0 radical (unpaired) electrons. The van der Waals surface area contributed by atoms with Crippen LogP contribution in [0.2, 0.25) is 0 Å². The van der Waals surface area contributed by atoms with E-state index in [2.05, 4.69) is 10.6 Å². The number of hydrogen-bond acceptors (Lipinski definition) is 6. The van der Waals surface area contributed by atoms with Gasteiger partial charge in [-0.3, -0.25) is 14.4 Å². The number of benzene rings is 1. The average Bonchev–Trinajstić information content (AvgIpc) is 2.63. The van der Waals surface area contributed by atoms with Crippen molar-refractivity contribution >= 4 is 23.8 Å². The van der Waals surface area contributed by atoms with Gasteiger partial charge in [-0.05, 0) is 66.9 Å². The molecule has 0 bridgehead atoms. The number of para-hydroxylation sites is 1. The molecule has 2 rings (SSSR count). The van der Waals surface area contributed by atoms with Gasteiger partial charge in [-0.2, -0.15) is 0 Å². The molecule has 0 heterocycles. The van der Waals surface area contributed by atoms with Crippen molar-refractivity contribution in [1.82, 2.24) is 15.5 Å². The third kappa shape index (κ3) is 8.15. The Labute approximate surface area is 206 Å². The summed E-state index contributed by atoms with van der Waals surface area (Å²) in [5.74, 6) is -2.09. The highest BCUT2D eigenvalue weighted by molar-refractivity contribution is 5.95. The topological polar surface area (TPSA) is 151 Å². The third-order valence-electron chi connectivity index (χ3n) is 5.37. The number of ether oxygens (including phenoxy) is 1. The number of primary amides is 1. The Hall–Kier alpha value is -3.30. The number of rotatable bonds is 8. The zero-order chi connectivity index (χ0) is 26.6. The van der Waals surface area contributed by atoms with Gasteiger partial charge in [-0.15, -0.1) is 0 Å². The summed E-state index contributed by atoms with van der Waals surface area (Å²) in [6.45, 7) is 10.4. The molecule has 1 aliphatic carbocycles. The normalized spacial score (nSPS) is 15.8. The van der Waals surface area contributed by atoms with E-state index in [1.54, 1.807) is 39.0 Å². The van der Waals surface area contributed by atoms with Crippen LogP contribution in [0.4, 0.5) is 4.79 Å². The first kappa shape index (κ1) is 27.9. The highest BCUT2D eigenvalue weighted by Gasteiger charge is 2.43. The number of nitrogens with one attached hydrogen (secondary N) is 2. The van der Waals surface area contributed by atoms with Gasteiger partial charge >= 0.3 is 6.09 Å². The SMILES string of the molecule is CC(C)(C)NC(=O)C(c1ccccc1O)N(C(=O)C(CC(N)=O)NC(=O)OC(C)(C)C)C1CCC1. The first-order valence-electron chi connectivity index (χ1n) is 11.8. The predicted octanol–water partition coefficient (Wildman–Crippen LogP) is 2.50. The fraction of sp³-hybridized carbons (Fsp3) is 0.600. The first-order chi connectivity index (χ1) is 16.1. The molecule has 0 spiro atoms. The average molecular weight is 491 g/mol. The lowest BCUT2D eigenvalue weighted by Gasteiger charge is -2.44. The van der Waals surface area contributed by atoms with Crippen molar-refractivity contribution in [3.63, 3.8) is 0 Å². The van der Waals surface area contributed by atoms with Gasteiger partial charge in [0.25, 0.3) is 0 Å². The second-order valence-electron chi connectivity index (χ2n) is 10.9. The lowest BCUT2D eigenvalue weighted by atomic mass is 9.87. The standard InChI is InChI=1S/C25H38N4O6/c1-24(2,3)28-21(32)20(16-12-7-8-13-18(16)30)29(15-10-9-11-15)22(33)17(14-19(26)31)27-23(34)35-25(4,5)6/h7-8,12-13,15,17,20,30H,9-11,14H2,1-6H3,(H2,26,31)(H,27,34)(H,28,32). The number of phenolic OH excluding ortho intramolecular Hbond substituents is 1. The van der Waals surface area contributed by atoms with E-state index >= 15 is 0 Å². The van der Waals surface area contributed by atoms with E-state index < -0.39 is 53.5 Å². The number of aromatic hydroxyl groups is 1. The lowest BCUT2D eigenvalue weighted by molar-refractivity contribution is -0.148. The smallest absolute Gasteiger partial charge is 0.408 e. The van der Waals surface area contributed by atoms with Crippen molar-refractivity contribution in [1.29, 1.82) is 0 Å². The maximum atomic E-state index is 13.9. The monoisotopic (exact) mass is 490 g/mol. The fourth-order valence-electron chi connectivity index (χ4n) is 3.79. The summed E-state index contributed by atoms with van der Waals surface area (Å²) in [6, 6.07) is 3.43. The van der Waals surface area contributed by atoms with Gasteiger partial charge in [0, 0.05) is 17.1 Å². The summed E-state index contributed by atoms with van der Waals surface area (Å²) in [5.41, 5.74) is 4.18. The van der Waals surface area contributed by atoms with Crippen LogP contribution in [0.25, 0.3) is 0 Å². The first-order valence-corrected chi connectivity index (χ1v) is 11.8. The Bertz CT molecular complexity index is 946. The Morgan fingerprint density at radius 2 is 1.71 bits per heavy atom. The summed E-state index contributed by atoms with van der Waals surface area (Å²) < 4.78 is 5.27. The quantitative estimate of drug-likeness (QED) is 0.439. The molecule has 4 amide bonds. The van der Waals surface area contributed by atoms with E-state index in [0.29, 0.717) is 12.8 Å². The summed E-state index contributed by atoms with van der Waals surface area (Å²) in [7, 11) is 0. The van der Waals surface area contributed by atoms with Crippen LogP contribution in [0.5, 0.6) is 5.75 Å². The zero-order valence-corrected chi connectivity index (χ0v) is 21.4. The molecule has 1 fully saturated rings. The van der Waals surface area contributed by atoms with E-state index in [1.165, 1.54) is 11.0 Å². The minimum atomic E-state index is -1.35. The molecule has 10 heteroatoms. The summed E-state index contributed by atoms with van der Waals surface area (Å²) in [6.07, 6.45) is 0.755. The lowest BCUT2D eigenvalue weighted by Crippen LogP contribution is -2.59. The van der Waals surface area contributed by atoms with Gasteiger partial charge in [0.1, 0.15) is 23.4 Å². The molecule has 1 aliphatic rings. The number of hydrogen-bond donors (Lipinski definition) is 4. The summed E-state index contributed by atoms with van der Waals surface area (Å²) in [5, 5.41) is 15.9. The Kier molecular flexibility index (Phi) is 8.75. The molecule has 35 heavy (non-hydrogen) atoms. The number of nitrogens with zero attached hydrogens (tertiary/aromatic N) is 1. The summed E-state index contributed by atoms with van der Waals surface area (Å²) in [4.78, 5) is 53.1. The summed E-state index contributed by atoms with van der Waals surface area (Å²) >= 11 is 0. The Balaban J connectivity index is 2.53. The molecule has 0 aromatic heterocycles. The molecule has 1 aromatic carbocycles. The van der Waals surface area contributed by atoms with Crippen molar-refractivity contribution < 1.29 is 29.0 Å². The van der Waals surface area contributed by atoms with Gasteiger partial charge < -0.3 is 31.1 Å². The van der Waals surface area contributed by atoms with Gasteiger partial charge in [-0.25, -0.2) is 4.79 Å². The molecule has 2 unspecified atom stereocenters. The number of nitrogens with two attached hydrogens (primary N) is 1. The van der Waals surface area contributed by atoms with E-state index in [9.17, 15) is 24.3 Å². The van der Waals surface area contributed by atoms with Crippen molar-refractivity contribution in [3.8, 4) is 5.75 Å². The molecule has 1 aromatic rings. The molecule has 2 atom stereocenters. The highest BCUT2D eigenvalue weighted by atomic mass is 16.6. The molecule has 1 saturated carbocycles. The minimum absolute atomic E-state index is 0.148. The zero-order valence-electron chi connectivity index (χ0n) is 21.4. The fourth-order valence-corrected chi connectivity index (χ4v) is 3.79. The van der Waals surface area contributed by atoms with Gasteiger partial charge in [0.15, 0.2) is 0 Å². The number of alkyl carbamates (subject to hydrolysis) is 1. The van der Waals surface area contributed by atoms with E-state index in [4.69, 9.17) is 10.5 Å². The molecular weight excluding hydrogens is 452 g/mol. The van der Waals surface area contributed by atoms with Crippen molar-refractivity contribution in [3.05, 3.63) is 29.8 Å². The maximum absolute atomic E-state index is 13.9. The van der Waals surface area contributed by atoms with E-state index in [0.717, 1.165) is 6.42 Å². The van der Waals surface area contributed by atoms with Crippen LogP contribution >= 0.6 is 0 Å². The second-order valence-corrected chi connectivity index (χ2v) is 10.9. The molecule has 194 valence electrons. The maximum Gasteiger partial charge on any atom is 0.408 e. The third-order valence-corrected chi connectivity index (χ3v) is 5.37. The van der Waals surface area contributed by atoms with Crippen molar-refractivity contribution in [2.75, 3.05) is 0 Å². The number of carbonyl (C=O) groups excluding carboxylic acids is 4. The van der Waals surface area contributed by atoms with Crippen LogP contribution in [0.1, 0.15) is 78.8 Å². The number of amides is 4. The van der Waals surface area contributed by atoms with Gasteiger partial charge in [0.2, 0.25) is 17.7 Å². The molecule has 0 aliphatic heterocycles. The van der Waals surface area contributed by atoms with Gasteiger partial charge in [0.05, 0.1) is 6.42 Å². The van der Waals surface area contributed by atoms with Crippen LogP contribution in [-0.4, -0.2) is 57.0 Å². The predicted molar refractivity (Wildman–Crippen MR) is 130 cm³/mol. The van der Waals surface area contributed by atoms with Crippen LogP contribution in [0.3, 0.4) is 0 Å². The molecule has 0 saturated heterocycles. The van der Waals surface area contributed by atoms with Crippen molar-refractivity contribution in [2.24, 2.45) is 5.73 Å².